The van der Waals surface area contributed by atoms with Gasteiger partial charge in [-0.2, -0.15) is 0 Å². The molecular weight excluding hydrogens is 409 g/mol. The predicted octanol–water partition coefficient (Wildman–Crippen LogP) is 1.56. The first kappa shape index (κ1) is 23.4. The monoisotopic (exact) mass is 433 g/mol. The van der Waals surface area contributed by atoms with Crippen LogP contribution >= 0.6 is 7.60 Å². The lowest BCUT2D eigenvalue weighted by Gasteiger charge is -2.39. The molecule has 0 saturated carbocycles. The van der Waals surface area contributed by atoms with Crippen LogP contribution in [0.2, 0.25) is 0 Å². The minimum Gasteiger partial charge on any atom is -0.462 e. The largest absolute Gasteiger partial charge is 0.462 e. The summed E-state index contributed by atoms with van der Waals surface area (Å²) in [6, 6.07) is 5.00. The van der Waals surface area contributed by atoms with Gasteiger partial charge < -0.3 is 33.8 Å². The van der Waals surface area contributed by atoms with E-state index < -0.39 is 43.2 Å². The van der Waals surface area contributed by atoms with Crippen molar-refractivity contribution in [2.45, 2.75) is 44.6 Å². The summed E-state index contributed by atoms with van der Waals surface area (Å²) < 4.78 is 33.6. The Bertz CT molecular complexity index is 745. The van der Waals surface area contributed by atoms with Gasteiger partial charge in [0.25, 0.3) is 5.69 Å². The molecule has 12 heteroatoms. The van der Waals surface area contributed by atoms with E-state index in [9.17, 15) is 30.0 Å². The van der Waals surface area contributed by atoms with Crippen LogP contribution in [-0.4, -0.2) is 64.2 Å². The second kappa shape index (κ2) is 10.3. The van der Waals surface area contributed by atoms with E-state index in [4.69, 9.17) is 18.5 Å². The number of ether oxygens (including phenoxy) is 2. The first-order valence-electron chi connectivity index (χ1n) is 8.89. The Labute approximate surface area is 167 Å². The number of hydrogen-bond acceptors (Lipinski definition) is 10. The van der Waals surface area contributed by atoms with Crippen molar-refractivity contribution in [3.63, 3.8) is 0 Å². The fraction of sp³-hybridized carbons (Fsp3) is 0.529. The molecule has 29 heavy (non-hydrogen) atoms. The van der Waals surface area contributed by atoms with Gasteiger partial charge in [-0.15, -0.1) is 0 Å². The first-order valence-corrected chi connectivity index (χ1v) is 10.5. The summed E-state index contributed by atoms with van der Waals surface area (Å²) >= 11 is 0. The van der Waals surface area contributed by atoms with Gasteiger partial charge in [0.1, 0.15) is 30.2 Å². The molecule has 0 unspecified atom stereocenters. The van der Waals surface area contributed by atoms with Gasteiger partial charge in [-0.25, -0.2) is 0 Å². The molecule has 0 spiro atoms. The van der Waals surface area contributed by atoms with Crippen molar-refractivity contribution < 1.29 is 43.3 Å². The summed E-state index contributed by atoms with van der Waals surface area (Å²) in [4.78, 5) is 10.1. The zero-order valence-corrected chi connectivity index (χ0v) is 16.8. The molecule has 0 aromatic heterocycles. The number of rotatable bonds is 9. The van der Waals surface area contributed by atoms with Crippen LogP contribution in [0.25, 0.3) is 0 Å². The van der Waals surface area contributed by atoms with E-state index in [1.165, 1.54) is 30.3 Å². The van der Waals surface area contributed by atoms with Crippen molar-refractivity contribution in [2.24, 2.45) is 0 Å². The molecule has 5 atom stereocenters. The van der Waals surface area contributed by atoms with E-state index in [1.54, 1.807) is 13.8 Å². The normalized spacial score (nSPS) is 27.8. The highest BCUT2D eigenvalue weighted by molar-refractivity contribution is 7.57. The fourth-order valence-corrected chi connectivity index (χ4v) is 3.93. The Kier molecular flexibility index (Phi) is 8.29. The van der Waals surface area contributed by atoms with Gasteiger partial charge in [-0.1, -0.05) is 0 Å². The van der Waals surface area contributed by atoms with Gasteiger partial charge in [0, 0.05) is 17.9 Å². The fourth-order valence-electron chi connectivity index (χ4n) is 2.58. The molecule has 1 saturated heterocycles. The molecule has 3 N–H and O–H groups in total. The molecule has 2 rings (SSSR count). The highest BCUT2D eigenvalue weighted by atomic mass is 31.2. The number of hydrogen-bond donors (Lipinski definition) is 3. The summed E-state index contributed by atoms with van der Waals surface area (Å²) in [7, 11) is -3.57. The Morgan fingerprint density at radius 3 is 2.21 bits per heavy atom. The second-order valence-electron chi connectivity index (χ2n) is 6.03. The molecule has 1 heterocycles. The molecule has 1 aromatic carbocycles. The molecule has 1 aromatic rings. The number of aliphatic hydroxyl groups is 3. The number of benzene rings is 1. The van der Waals surface area contributed by atoms with Crippen LogP contribution in [0.3, 0.4) is 0 Å². The topological polar surface area (TPSA) is 158 Å². The Morgan fingerprint density at radius 2 is 1.69 bits per heavy atom. The van der Waals surface area contributed by atoms with Crippen LogP contribution in [0.15, 0.2) is 36.2 Å². The average Bonchev–Trinajstić information content (AvgIpc) is 2.68. The van der Waals surface area contributed by atoms with Gasteiger partial charge in [0.15, 0.2) is 0 Å². The van der Waals surface area contributed by atoms with Gasteiger partial charge >= 0.3 is 7.60 Å². The lowest BCUT2D eigenvalue weighted by molar-refractivity contribution is -0.384. The van der Waals surface area contributed by atoms with E-state index in [0.29, 0.717) is 0 Å². The number of nitro groups is 1. The van der Waals surface area contributed by atoms with Crippen LogP contribution < -0.4 is 4.74 Å². The molecule has 0 radical (unpaired) electrons. The van der Waals surface area contributed by atoms with Gasteiger partial charge in [0.05, 0.1) is 18.1 Å². The van der Waals surface area contributed by atoms with Gasteiger partial charge in [-0.3, -0.25) is 14.7 Å². The summed E-state index contributed by atoms with van der Waals surface area (Å²) in [5.41, 5.74) is -0.152. The number of non-ortho nitro benzene ring substituents is 1. The maximum absolute atomic E-state index is 12.5. The second-order valence-corrected chi connectivity index (χ2v) is 7.92. The standard InChI is InChI=1S/C17H24NO10P/c1-3-25-29(24,26-4-2)10-9-13-14(19)15(20)16(21)17(28-13)27-12-7-5-11(6-8-12)18(22)23/h5-10,13-17,19-21H,3-4H2,1-2H3/b10-9+/t13-,14-,15+,16+,17+/m1/s1. The molecule has 1 fully saturated rings. The van der Waals surface area contributed by atoms with Crippen LogP contribution in [0.4, 0.5) is 5.69 Å². The highest BCUT2D eigenvalue weighted by Crippen LogP contribution is 2.49. The molecule has 162 valence electrons. The predicted molar refractivity (Wildman–Crippen MR) is 100 cm³/mol. The summed E-state index contributed by atoms with van der Waals surface area (Å²) in [6.45, 7) is 3.53. The van der Waals surface area contributed by atoms with Crippen LogP contribution in [0.5, 0.6) is 5.75 Å². The maximum Gasteiger partial charge on any atom is 0.353 e. The first-order chi connectivity index (χ1) is 13.7. The van der Waals surface area contributed by atoms with Crippen LogP contribution in [0.1, 0.15) is 13.8 Å². The SMILES string of the molecule is CCOP(=O)(/C=C/[C@H]1O[C@H](Oc2ccc([N+](=O)[O-])cc2)[C@@H](O)[C@@H](O)[C@@H]1O)OCC. The van der Waals surface area contributed by atoms with E-state index in [1.807, 2.05) is 0 Å². The number of nitrogens with zero attached hydrogens (tertiary/aromatic N) is 1. The minimum atomic E-state index is -3.57. The van der Waals surface area contributed by atoms with Crippen molar-refractivity contribution in [1.82, 2.24) is 0 Å². The zero-order valence-electron chi connectivity index (χ0n) is 15.9. The van der Waals surface area contributed by atoms with Crippen molar-refractivity contribution in [2.75, 3.05) is 13.2 Å². The van der Waals surface area contributed by atoms with E-state index in [0.717, 1.165) is 5.82 Å². The quantitative estimate of drug-likeness (QED) is 0.296. The summed E-state index contributed by atoms with van der Waals surface area (Å²) in [5, 5.41) is 41.1. The van der Waals surface area contributed by atoms with Crippen LogP contribution in [-0.2, 0) is 18.3 Å². The van der Waals surface area contributed by atoms with Crippen molar-refractivity contribution in [3.8, 4) is 5.75 Å². The molecule has 0 aliphatic carbocycles. The van der Waals surface area contributed by atoms with Gasteiger partial charge in [0.2, 0.25) is 6.29 Å². The third-order valence-electron chi connectivity index (χ3n) is 3.98. The lowest BCUT2D eigenvalue weighted by Crippen LogP contribution is -2.58. The molecule has 11 nitrogen and oxygen atoms in total. The summed E-state index contributed by atoms with van der Waals surface area (Å²) in [6.07, 6.45) is -6.14. The third-order valence-corrected chi connectivity index (χ3v) is 5.76. The molecular formula is C17H24NO10P. The Hall–Kier alpha value is -1.85. The Balaban J connectivity index is 2.15. The molecule has 0 amide bonds. The van der Waals surface area contributed by atoms with E-state index >= 15 is 0 Å². The molecule has 0 bridgehead atoms. The maximum atomic E-state index is 12.5. The zero-order chi connectivity index (χ0) is 21.6. The summed E-state index contributed by atoms with van der Waals surface area (Å²) in [5.74, 6) is 1.25. The molecule has 1 aliphatic heterocycles. The number of aliphatic hydroxyl groups excluding tert-OH is 3. The van der Waals surface area contributed by atoms with Crippen molar-refractivity contribution >= 4 is 13.3 Å². The number of nitro benzene ring substituents is 1. The highest BCUT2D eigenvalue weighted by Gasteiger charge is 2.44. The van der Waals surface area contributed by atoms with Crippen LogP contribution in [0, 0.1) is 10.1 Å². The average molecular weight is 433 g/mol. The van der Waals surface area contributed by atoms with Gasteiger partial charge in [-0.05, 0) is 32.1 Å². The molecule has 1 aliphatic rings. The van der Waals surface area contributed by atoms with E-state index in [2.05, 4.69) is 0 Å². The Morgan fingerprint density at radius 1 is 1.10 bits per heavy atom. The van der Waals surface area contributed by atoms with Crippen molar-refractivity contribution in [3.05, 3.63) is 46.3 Å². The lowest BCUT2D eigenvalue weighted by atomic mass is 9.99. The van der Waals surface area contributed by atoms with Crippen molar-refractivity contribution in [1.29, 1.82) is 0 Å². The smallest absolute Gasteiger partial charge is 0.353 e. The minimum absolute atomic E-state index is 0.128. The van der Waals surface area contributed by atoms with E-state index in [-0.39, 0.29) is 24.7 Å². The third kappa shape index (κ3) is 6.06.